The van der Waals surface area contributed by atoms with Crippen molar-refractivity contribution in [2.45, 2.75) is 52.0 Å². The molecule has 1 amide bonds. The van der Waals surface area contributed by atoms with Crippen molar-refractivity contribution in [3.05, 3.63) is 0 Å². The lowest BCUT2D eigenvalue weighted by atomic mass is 9.80. The molecule has 3 heteroatoms. The summed E-state index contributed by atoms with van der Waals surface area (Å²) in [7, 11) is 1.92. The summed E-state index contributed by atoms with van der Waals surface area (Å²) in [5.41, 5.74) is 5.57. The highest BCUT2D eigenvalue weighted by Gasteiger charge is 2.28. The van der Waals surface area contributed by atoms with Gasteiger partial charge in [0.2, 0.25) is 5.91 Å². The molecule has 94 valence electrons. The van der Waals surface area contributed by atoms with Crippen LogP contribution in [0.2, 0.25) is 0 Å². The van der Waals surface area contributed by atoms with Gasteiger partial charge in [-0.15, -0.1) is 0 Å². The fourth-order valence-corrected chi connectivity index (χ4v) is 2.48. The van der Waals surface area contributed by atoms with Crippen LogP contribution in [-0.4, -0.2) is 30.4 Å². The lowest BCUT2D eigenvalue weighted by Crippen LogP contribution is -2.39. The Labute approximate surface area is 99.4 Å². The molecule has 1 aliphatic rings. The number of hydrogen-bond donors (Lipinski definition) is 1. The Bertz CT molecular complexity index is 220. The third-order valence-corrected chi connectivity index (χ3v) is 3.89. The molecule has 3 nitrogen and oxygen atoms in total. The van der Waals surface area contributed by atoms with E-state index in [9.17, 15) is 4.79 Å². The molecular weight excluding hydrogens is 200 g/mol. The van der Waals surface area contributed by atoms with E-state index in [4.69, 9.17) is 5.73 Å². The molecular formula is C13H26N2O. The molecule has 0 radical (unpaired) electrons. The zero-order chi connectivity index (χ0) is 12.1. The third-order valence-electron chi connectivity index (χ3n) is 3.89. The minimum Gasteiger partial charge on any atom is -0.343 e. The van der Waals surface area contributed by atoms with E-state index in [2.05, 4.69) is 13.8 Å². The van der Waals surface area contributed by atoms with Gasteiger partial charge in [-0.25, -0.2) is 0 Å². The van der Waals surface area contributed by atoms with E-state index in [1.807, 2.05) is 11.9 Å². The minimum absolute atomic E-state index is 0.265. The van der Waals surface area contributed by atoms with Crippen LogP contribution < -0.4 is 5.73 Å². The van der Waals surface area contributed by atoms with Crippen LogP contribution in [0.5, 0.6) is 0 Å². The van der Waals surface area contributed by atoms with Crippen LogP contribution >= 0.6 is 0 Å². The first-order chi connectivity index (χ1) is 7.56. The molecule has 0 spiro atoms. The summed E-state index contributed by atoms with van der Waals surface area (Å²) in [6.07, 6.45) is 5.60. The monoisotopic (exact) mass is 226 g/mol. The Kier molecular flexibility index (Phi) is 5.26. The van der Waals surface area contributed by atoms with Gasteiger partial charge in [-0.2, -0.15) is 0 Å². The molecule has 0 saturated heterocycles. The van der Waals surface area contributed by atoms with E-state index in [-0.39, 0.29) is 5.92 Å². The Hall–Kier alpha value is -0.570. The predicted octanol–water partition coefficient (Wildman–Crippen LogP) is 2.01. The molecule has 0 aromatic heterocycles. The van der Waals surface area contributed by atoms with Gasteiger partial charge in [-0.05, 0) is 58.4 Å². The summed E-state index contributed by atoms with van der Waals surface area (Å²) < 4.78 is 0. The van der Waals surface area contributed by atoms with Crippen molar-refractivity contribution in [1.29, 1.82) is 0 Å². The van der Waals surface area contributed by atoms with E-state index in [0.717, 1.165) is 31.7 Å². The van der Waals surface area contributed by atoms with Gasteiger partial charge in [0.15, 0.2) is 0 Å². The fraction of sp³-hybridized carbons (Fsp3) is 0.923. The van der Waals surface area contributed by atoms with Crippen LogP contribution in [0.4, 0.5) is 0 Å². The van der Waals surface area contributed by atoms with Crippen LogP contribution in [-0.2, 0) is 4.79 Å². The van der Waals surface area contributed by atoms with Gasteiger partial charge in [0.05, 0.1) is 0 Å². The van der Waals surface area contributed by atoms with E-state index in [1.54, 1.807) is 0 Å². The van der Waals surface area contributed by atoms with Gasteiger partial charge in [-0.3, -0.25) is 4.79 Å². The molecule has 16 heavy (non-hydrogen) atoms. The highest BCUT2D eigenvalue weighted by atomic mass is 16.2. The Balaban J connectivity index is 2.38. The number of nitrogens with two attached hydrogens (primary N) is 1. The molecule has 0 aromatic carbocycles. The standard InChI is InChI=1S/C13H26N2O/c1-10(2)15(3)13(16)12-6-4-11(5-7-12)8-9-14/h10-12H,4-9,14H2,1-3H3. The maximum Gasteiger partial charge on any atom is 0.225 e. The van der Waals surface area contributed by atoms with Crippen LogP contribution in [0.25, 0.3) is 0 Å². The summed E-state index contributed by atoms with van der Waals surface area (Å²) in [5, 5.41) is 0. The summed E-state index contributed by atoms with van der Waals surface area (Å²) >= 11 is 0. The van der Waals surface area contributed by atoms with Gasteiger partial charge in [0, 0.05) is 19.0 Å². The van der Waals surface area contributed by atoms with E-state index in [0.29, 0.717) is 11.9 Å². The van der Waals surface area contributed by atoms with Crippen LogP contribution in [0.15, 0.2) is 0 Å². The van der Waals surface area contributed by atoms with Crippen molar-refractivity contribution in [2.24, 2.45) is 17.6 Å². The summed E-state index contributed by atoms with van der Waals surface area (Å²) in [4.78, 5) is 14.0. The Morgan fingerprint density at radius 3 is 2.31 bits per heavy atom. The molecule has 0 atom stereocenters. The maximum absolute atomic E-state index is 12.1. The van der Waals surface area contributed by atoms with Gasteiger partial charge >= 0.3 is 0 Å². The van der Waals surface area contributed by atoms with Gasteiger partial charge in [0.1, 0.15) is 0 Å². The van der Waals surface area contributed by atoms with Gasteiger partial charge in [-0.1, -0.05) is 0 Å². The summed E-state index contributed by atoms with van der Waals surface area (Å²) in [6.45, 7) is 4.92. The molecule has 1 aliphatic carbocycles. The number of hydrogen-bond acceptors (Lipinski definition) is 2. The molecule has 1 fully saturated rings. The largest absolute Gasteiger partial charge is 0.343 e. The molecule has 0 heterocycles. The highest BCUT2D eigenvalue weighted by molar-refractivity contribution is 5.78. The molecule has 0 bridgehead atoms. The van der Waals surface area contributed by atoms with Crippen LogP contribution in [0.1, 0.15) is 46.0 Å². The molecule has 2 N–H and O–H groups in total. The van der Waals surface area contributed by atoms with Crippen molar-refractivity contribution >= 4 is 5.91 Å². The second kappa shape index (κ2) is 6.24. The maximum atomic E-state index is 12.1. The smallest absolute Gasteiger partial charge is 0.225 e. The topological polar surface area (TPSA) is 46.3 Å². The number of amides is 1. The first-order valence-corrected chi connectivity index (χ1v) is 6.53. The van der Waals surface area contributed by atoms with Crippen LogP contribution in [0.3, 0.4) is 0 Å². The van der Waals surface area contributed by atoms with E-state index in [1.165, 1.54) is 12.8 Å². The van der Waals surface area contributed by atoms with Gasteiger partial charge in [0.25, 0.3) is 0 Å². The van der Waals surface area contributed by atoms with Gasteiger partial charge < -0.3 is 10.6 Å². The normalized spacial score (nSPS) is 25.8. The van der Waals surface area contributed by atoms with Crippen molar-refractivity contribution in [3.8, 4) is 0 Å². The SMILES string of the molecule is CC(C)N(C)C(=O)C1CCC(CCN)CC1. The average Bonchev–Trinajstić information content (AvgIpc) is 2.28. The van der Waals surface area contributed by atoms with Crippen molar-refractivity contribution in [3.63, 3.8) is 0 Å². The lowest BCUT2D eigenvalue weighted by Gasteiger charge is -2.32. The first-order valence-electron chi connectivity index (χ1n) is 6.53. The number of rotatable bonds is 4. The van der Waals surface area contributed by atoms with Crippen molar-refractivity contribution in [2.75, 3.05) is 13.6 Å². The Morgan fingerprint density at radius 1 is 1.31 bits per heavy atom. The van der Waals surface area contributed by atoms with E-state index < -0.39 is 0 Å². The fourth-order valence-electron chi connectivity index (χ4n) is 2.48. The lowest BCUT2D eigenvalue weighted by molar-refractivity contribution is -0.137. The second-order valence-electron chi connectivity index (χ2n) is 5.34. The molecule has 0 unspecified atom stereocenters. The molecule has 0 aliphatic heterocycles. The zero-order valence-corrected chi connectivity index (χ0v) is 10.9. The summed E-state index contributed by atoms with van der Waals surface area (Å²) in [5.74, 6) is 1.36. The molecule has 0 aromatic rings. The first kappa shape index (κ1) is 13.5. The molecule has 1 rings (SSSR count). The number of carbonyl (C=O) groups is 1. The minimum atomic E-state index is 0.265. The third kappa shape index (κ3) is 3.48. The van der Waals surface area contributed by atoms with Crippen molar-refractivity contribution in [1.82, 2.24) is 4.90 Å². The quantitative estimate of drug-likeness (QED) is 0.797. The van der Waals surface area contributed by atoms with Crippen LogP contribution in [0, 0.1) is 11.8 Å². The highest BCUT2D eigenvalue weighted by Crippen LogP contribution is 2.31. The average molecular weight is 226 g/mol. The van der Waals surface area contributed by atoms with E-state index >= 15 is 0 Å². The number of nitrogens with zero attached hydrogens (tertiary/aromatic N) is 1. The summed E-state index contributed by atoms with van der Waals surface area (Å²) in [6, 6.07) is 0.314. The molecule has 1 saturated carbocycles. The zero-order valence-electron chi connectivity index (χ0n) is 10.9. The van der Waals surface area contributed by atoms with Crippen molar-refractivity contribution < 1.29 is 4.79 Å². The second-order valence-corrected chi connectivity index (χ2v) is 5.34. The Morgan fingerprint density at radius 2 is 1.88 bits per heavy atom. The number of carbonyl (C=O) groups excluding carboxylic acids is 1. The predicted molar refractivity (Wildman–Crippen MR) is 67.0 cm³/mol.